The molecule has 4 heteroatoms. The van der Waals surface area contributed by atoms with Gasteiger partial charge in [0.2, 0.25) is 0 Å². The second-order valence-electron chi connectivity index (χ2n) is 14.2. The van der Waals surface area contributed by atoms with Gasteiger partial charge in [-0.25, -0.2) is 9.97 Å². The average molecular weight is 717 g/mol. The van der Waals surface area contributed by atoms with Crippen molar-refractivity contribution in [2.45, 2.75) is 0 Å². The van der Waals surface area contributed by atoms with Crippen molar-refractivity contribution < 1.29 is 8.83 Å². The summed E-state index contributed by atoms with van der Waals surface area (Å²) in [7, 11) is 0. The van der Waals surface area contributed by atoms with E-state index in [0.29, 0.717) is 5.82 Å². The van der Waals surface area contributed by atoms with Gasteiger partial charge in [0.25, 0.3) is 0 Å². The molecule has 4 nitrogen and oxygen atoms in total. The van der Waals surface area contributed by atoms with Crippen LogP contribution < -0.4 is 0 Å². The molecule has 8 aromatic carbocycles. The minimum atomic E-state index is 0.671. The molecule has 262 valence electrons. The van der Waals surface area contributed by atoms with E-state index in [4.69, 9.17) is 18.8 Å². The van der Waals surface area contributed by atoms with Crippen molar-refractivity contribution in [2.24, 2.45) is 0 Å². The van der Waals surface area contributed by atoms with Gasteiger partial charge in [0.15, 0.2) is 5.82 Å². The lowest BCUT2D eigenvalue weighted by molar-refractivity contribution is 0.668. The third-order valence-corrected chi connectivity index (χ3v) is 10.7. The van der Waals surface area contributed by atoms with Gasteiger partial charge in [0, 0.05) is 38.2 Å². The van der Waals surface area contributed by atoms with E-state index in [0.717, 1.165) is 105 Å². The van der Waals surface area contributed by atoms with E-state index in [2.05, 4.69) is 152 Å². The van der Waals surface area contributed by atoms with Crippen LogP contribution in [-0.4, -0.2) is 9.97 Å². The predicted molar refractivity (Wildman–Crippen MR) is 229 cm³/mol. The maximum absolute atomic E-state index is 6.25. The zero-order valence-electron chi connectivity index (χ0n) is 30.2. The van der Waals surface area contributed by atoms with Crippen LogP contribution in [0, 0.1) is 0 Å². The molecule has 0 fully saturated rings. The molecule has 0 amide bonds. The number of fused-ring (bicyclic) bond motifs is 6. The van der Waals surface area contributed by atoms with Gasteiger partial charge in [-0.2, -0.15) is 0 Å². The van der Waals surface area contributed by atoms with Crippen LogP contribution in [0.25, 0.3) is 111 Å². The molecular formula is C52H32N2O2. The van der Waals surface area contributed by atoms with Crippen LogP contribution in [0.1, 0.15) is 0 Å². The van der Waals surface area contributed by atoms with Crippen molar-refractivity contribution in [1.29, 1.82) is 0 Å². The molecule has 0 saturated heterocycles. The summed E-state index contributed by atoms with van der Waals surface area (Å²) in [4.78, 5) is 10.4. The summed E-state index contributed by atoms with van der Waals surface area (Å²) < 4.78 is 12.4. The summed E-state index contributed by atoms with van der Waals surface area (Å²) in [6.45, 7) is 0. The third kappa shape index (κ3) is 5.64. The second-order valence-corrected chi connectivity index (χ2v) is 14.2. The fourth-order valence-corrected chi connectivity index (χ4v) is 7.87. The maximum atomic E-state index is 6.25. The Bertz CT molecular complexity index is 3250. The van der Waals surface area contributed by atoms with E-state index >= 15 is 0 Å². The minimum absolute atomic E-state index is 0.671. The molecular weight excluding hydrogens is 685 g/mol. The van der Waals surface area contributed by atoms with Gasteiger partial charge in [0.1, 0.15) is 22.3 Å². The summed E-state index contributed by atoms with van der Waals surface area (Å²) in [5.74, 6) is 0.671. The summed E-state index contributed by atoms with van der Waals surface area (Å²) in [5.41, 5.74) is 14.8. The Morgan fingerprint density at radius 2 is 0.732 bits per heavy atom. The van der Waals surface area contributed by atoms with Crippen LogP contribution in [0.15, 0.2) is 203 Å². The zero-order chi connectivity index (χ0) is 37.0. The largest absolute Gasteiger partial charge is 0.456 e. The lowest BCUT2D eigenvalue weighted by atomic mass is 9.93. The highest BCUT2D eigenvalue weighted by Crippen LogP contribution is 2.38. The number of furan rings is 2. The van der Waals surface area contributed by atoms with E-state index in [9.17, 15) is 0 Å². The molecule has 0 aliphatic rings. The molecule has 3 aromatic heterocycles. The normalized spacial score (nSPS) is 11.6. The van der Waals surface area contributed by atoms with Gasteiger partial charge in [-0.05, 0) is 100 Å². The van der Waals surface area contributed by atoms with Crippen LogP contribution in [0.2, 0.25) is 0 Å². The highest BCUT2D eigenvalue weighted by Gasteiger charge is 2.16. The lowest BCUT2D eigenvalue weighted by Crippen LogP contribution is -1.97. The van der Waals surface area contributed by atoms with Gasteiger partial charge in [-0.15, -0.1) is 0 Å². The quantitative estimate of drug-likeness (QED) is 0.172. The topological polar surface area (TPSA) is 52.1 Å². The first-order chi connectivity index (χ1) is 27.7. The first-order valence-electron chi connectivity index (χ1n) is 18.8. The zero-order valence-corrected chi connectivity index (χ0v) is 30.2. The molecule has 0 radical (unpaired) electrons. The van der Waals surface area contributed by atoms with Crippen LogP contribution in [0.5, 0.6) is 0 Å². The number of nitrogens with zero attached hydrogens (tertiary/aromatic N) is 2. The molecule has 56 heavy (non-hydrogen) atoms. The van der Waals surface area contributed by atoms with Crippen LogP contribution >= 0.6 is 0 Å². The molecule has 0 aliphatic heterocycles. The van der Waals surface area contributed by atoms with E-state index < -0.39 is 0 Å². The van der Waals surface area contributed by atoms with Gasteiger partial charge in [-0.3, -0.25) is 0 Å². The standard InChI is InChI=1S/C52H32N2O2/c1-3-12-33(13-4-1)39-27-40(36-23-25-50-45(30-36)43-19-8-10-21-49(43)55-50)29-41(28-39)47-32-46(53-52(54-47)34-14-5-2-6-15-34)38-17-11-16-35(26-38)37-22-24-44-42-18-7-9-20-48(42)56-51(44)31-37/h1-32H. The molecule has 0 aliphatic carbocycles. The van der Waals surface area contributed by atoms with Crippen molar-refractivity contribution in [3.05, 3.63) is 194 Å². The summed E-state index contributed by atoms with van der Waals surface area (Å²) in [6.07, 6.45) is 0. The number of aromatic nitrogens is 2. The molecule has 0 saturated carbocycles. The fourth-order valence-electron chi connectivity index (χ4n) is 7.87. The van der Waals surface area contributed by atoms with Crippen molar-refractivity contribution in [3.63, 3.8) is 0 Å². The molecule has 11 rings (SSSR count). The van der Waals surface area contributed by atoms with E-state index in [1.807, 2.05) is 42.5 Å². The Morgan fingerprint density at radius 1 is 0.250 bits per heavy atom. The summed E-state index contributed by atoms with van der Waals surface area (Å²) in [5, 5.41) is 4.44. The van der Waals surface area contributed by atoms with Gasteiger partial charge >= 0.3 is 0 Å². The van der Waals surface area contributed by atoms with Crippen LogP contribution in [0.3, 0.4) is 0 Å². The van der Waals surface area contributed by atoms with E-state index in [1.165, 1.54) is 0 Å². The molecule has 0 spiro atoms. The first kappa shape index (κ1) is 31.9. The smallest absolute Gasteiger partial charge is 0.160 e. The number of benzene rings is 8. The highest BCUT2D eigenvalue weighted by molar-refractivity contribution is 6.07. The molecule has 0 bridgehead atoms. The van der Waals surface area contributed by atoms with Crippen molar-refractivity contribution in [2.75, 3.05) is 0 Å². The molecule has 0 N–H and O–H groups in total. The second kappa shape index (κ2) is 13.1. The molecule has 3 heterocycles. The van der Waals surface area contributed by atoms with Crippen molar-refractivity contribution in [3.8, 4) is 67.3 Å². The Balaban J connectivity index is 1.07. The average Bonchev–Trinajstić information content (AvgIpc) is 3.84. The van der Waals surface area contributed by atoms with Gasteiger partial charge in [0.05, 0.1) is 11.4 Å². The number of para-hydroxylation sites is 2. The maximum Gasteiger partial charge on any atom is 0.160 e. The first-order valence-corrected chi connectivity index (χ1v) is 18.8. The monoisotopic (exact) mass is 716 g/mol. The van der Waals surface area contributed by atoms with Gasteiger partial charge in [-0.1, -0.05) is 127 Å². The van der Waals surface area contributed by atoms with Crippen molar-refractivity contribution in [1.82, 2.24) is 9.97 Å². The van der Waals surface area contributed by atoms with E-state index in [1.54, 1.807) is 0 Å². The molecule has 11 aromatic rings. The summed E-state index contributed by atoms with van der Waals surface area (Å²) >= 11 is 0. The highest BCUT2D eigenvalue weighted by atomic mass is 16.3. The summed E-state index contributed by atoms with van der Waals surface area (Å²) in [6, 6.07) is 67.5. The predicted octanol–water partition coefficient (Wildman–Crippen LogP) is 14.3. The van der Waals surface area contributed by atoms with Crippen molar-refractivity contribution >= 4 is 43.9 Å². The SMILES string of the molecule is c1ccc(-c2cc(-c3ccc4oc5ccccc5c4c3)cc(-c3cc(-c4cccc(-c5ccc6c(c5)oc5ccccc56)c4)nc(-c4ccccc4)n3)c2)cc1. The molecule has 0 atom stereocenters. The Morgan fingerprint density at radius 3 is 1.50 bits per heavy atom. The Labute approximate surface area is 323 Å². The number of rotatable bonds is 6. The third-order valence-electron chi connectivity index (χ3n) is 10.7. The van der Waals surface area contributed by atoms with Crippen LogP contribution in [0.4, 0.5) is 0 Å². The Kier molecular flexibility index (Phi) is 7.46. The minimum Gasteiger partial charge on any atom is -0.456 e. The molecule has 0 unspecified atom stereocenters. The fraction of sp³-hybridized carbons (Fsp3) is 0. The van der Waals surface area contributed by atoms with Crippen LogP contribution in [-0.2, 0) is 0 Å². The Hall–Kier alpha value is -7.56. The number of hydrogen-bond donors (Lipinski definition) is 0. The number of hydrogen-bond acceptors (Lipinski definition) is 4. The van der Waals surface area contributed by atoms with E-state index in [-0.39, 0.29) is 0 Å². The lowest BCUT2D eigenvalue weighted by Gasteiger charge is -2.14. The van der Waals surface area contributed by atoms with Gasteiger partial charge < -0.3 is 8.83 Å².